The normalized spacial score (nSPS) is 13.0. The third-order valence-corrected chi connectivity index (χ3v) is 11.4. The highest BCUT2D eigenvalue weighted by atomic mass is 19.4. The Hall–Kier alpha value is -6.72. The van der Waals surface area contributed by atoms with Crippen LogP contribution in [0.1, 0.15) is 38.7 Å². The highest BCUT2D eigenvalue weighted by Gasteiger charge is 2.36. The number of ether oxygens (including phenoxy) is 5. The van der Waals surface area contributed by atoms with Crippen molar-refractivity contribution in [2.75, 3.05) is 116 Å². The van der Waals surface area contributed by atoms with Gasteiger partial charge in [0.1, 0.15) is 12.4 Å². The average molecular weight is 1010 g/mol. The lowest BCUT2D eigenvalue weighted by molar-refractivity contribution is -0.137. The summed E-state index contributed by atoms with van der Waals surface area (Å²) in [5.74, 6) is -0.659. The van der Waals surface area contributed by atoms with Crippen molar-refractivity contribution >= 4 is 56.9 Å². The number of aromatic nitrogens is 3. The number of pyridine rings is 3. The van der Waals surface area contributed by atoms with Crippen molar-refractivity contribution in [3.05, 3.63) is 89.0 Å². The molecule has 0 saturated carbocycles. The van der Waals surface area contributed by atoms with Crippen molar-refractivity contribution in [2.45, 2.75) is 45.4 Å². The van der Waals surface area contributed by atoms with Gasteiger partial charge in [0.15, 0.2) is 0 Å². The first-order valence-corrected chi connectivity index (χ1v) is 23.8. The minimum absolute atomic E-state index is 0.0196. The van der Waals surface area contributed by atoms with Crippen LogP contribution in [-0.2, 0) is 49.0 Å². The first-order valence-electron chi connectivity index (χ1n) is 23.8. The molecule has 19 nitrogen and oxygen atoms in total. The number of fused-ring (bicyclic) bond motifs is 3. The van der Waals surface area contributed by atoms with Crippen molar-refractivity contribution in [2.24, 2.45) is 0 Å². The number of benzene rings is 2. The smallest absolute Gasteiger partial charge is 0.384 e. The topological polar surface area (TPSA) is 231 Å². The molecule has 0 unspecified atom stereocenters. The van der Waals surface area contributed by atoms with E-state index >= 15 is 0 Å². The number of hydrogen-bond donors (Lipinski definition) is 4. The molecule has 1 aliphatic heterocycles. The minimum atomic E-state index is -4.75. The largest absolute Gasteiger partial charge is 0.418 e. The fraction of sp³-hybridized carbons (Fsp3) is 0.460. The molecule has 5 aromatic rings. The first kappa shape index (κ1) is 54.6. The SMILES string of the molecule is CC(C)OCC(=O)NCCNC(=O)CCC(=O)NCCOCCOCCOCCOCCC(=O)N1CCN(c2ccc(-n3c(=O)ccc4cnc5ccc(-c6ccc(N)nc6)cc5c43)cc2C(F)(F)F)CC1. The van der Waals surface area contributed by atoms with Crippen LogP contribution in [0.3, 0.4) is 0 Å². The van der Waals surface area contributed by atoms with Gasteiger partial charge in [0.05, 0.1) is 87.7 Å². The number of carbonyl (C=O) groups is 4. The van der Waals surface area contributed by atoms with Crippen LogP contribution in [0.2, 0.25) is 0 Å². The summed E-state index contributed by atoms with van der Waals surface area (Å²) >= 11 is 0. The van der Waals surface area contributed by atoms with Crippen molar-refractivity contribution in [1.29, 1.82) is 0 Å². The van der Waals surface area contributed by atoms with Crippen molar-refractivity contribution in [1.82, 2.24) is 35.4 Å². The molecule has 4 amide bonds. The second-order valence-corrected chi connectivity index (χ2v) is 16.9. The molecule has 0 aliphatic carbocycles. The molecule has 3 aromatic heterocycles. The summed E-state index contributed by atoms with van der Waals surface area (Å²) < 4.78 is 73.1. The minimum Gasteiger partial charge on any atom is -0.384 e. The number of hydrogen-bond acceptors (Lipinski definition) is 14. The molecule has 0 radical (unpaired) electrons. The monoisotopic (exact) mass is 1010 g/mol. The van der Waals surface area contributed by atoms with Crippen molar-refractivity contribution < 1.29 is 56.0 Å². The van der Waals surface area contributed by atoms with E-state index in [-0.39, 0.29) is 139 Å². The lowest BCUT2D eigenvalue weighted by Crippen LogP contribution is -2.49. The van der Waals surface area contributed by atoms with Gasteiger partial charge in [-0.25, -0.2) is 4.98 Å². The van der Waals surface area contributed by atoms with E-state index in [0.717, 1.165) is 17.2 Å². The van der Waals surface area contributed by atoms with Crippen LogP contribution in [0.4, 0.5) is 24.7 Å². The van der Waals surface area contributed by atoms with Gasteiger partial charge in [-0.15, -0.1) is 0 Å². The molecular formula is C50H62F3N9O10. The molecule has 388 valence electrons. The molecule has 6 rings (SSSR count). The maximum atomic E-state index is 14.9. The van der Waals surface area contributed by atoms with Gasteiger partial charge in [0.2, 0.25) is 23.6 Å². The maximum Gasteiger partial charge on any atom is 0.418 e. The Morgan fingerprint density at radius 3 is 1.94 bits per heavy atom. The van der Waals surface area contributed by atoms with Crippen LogP contribution < -0.4 is 32.1 Å². The van der Waals surface area contributed by atoms with E-state index in [2.05, 4.69) is 25.9 Å². The van der Waals surface area contributed by atoms with Crippen molar-refractivity contribution in [3.8, 4) is 16.8 Å². The number of anilines is 2. The molecule has 0 spiro atoms. The molecule has 1 aliphatic rings. The third-order valence-electron chi connectivity index (χ3n) is 11.4. The molecule has 4 heterocycles. The van der Waals surface area contributed by atoms with E-state index in [1.165, 1.54) is 22.8 Å². The summed E-state index contributed by atoms with van der Waals surface area (Å²) in [6, 6.07) is 15.8. The van der Waals surface area contributed by atoms with Crippen LogP contribution in [0.25, 0.3) is 38.6 Å². The van der Waals surface area contributed by atoms with Crippen molar-refractivity contribution in [3.63, 3.8) is 0 Å². The zero-order chi connectivity index (χ0) is 51.5. The second-order valence-electron chi connectivity index (χ2n) is 16.9. The van der Waals surface area contributed by atoms with Crippen LogP contribution in [0, 0.1) is 0 Å². The van der Waals surface area contributed by atoms with Gasteiger partial charge in [-0.05, 0) is 67.9 Å². The number of nitrogens with zero attached hydrogens (tertiary/aromatic N) is 5. The Labute approximate surface area is 414 Å². The zero-order valence-corrected chi connectivity index (χ0v) is 40.5. The summed E-state index contributed by atoms with van der Waals surface area (Å²) in [7, 11) is 0. The van der Waals surface area contributed by atoms with E-state index in [1.54, 1.807) is 40.4 Å². The highest BCUT2D eigenvalue weighted by molar-refractivity contribution is 6.05. The molecule has 1 fully saturated rings. The molecule has 5 N–H and O–H groups in total. The van der Waals surface area contributed by atoms with Crippen LogP contribution in [0.15, 0.2) is 77.9 Å². The summed E-state index contributed by atoms with van der Waals surface area (Å²) in [4.78, 5) is 74.0. The van der Waals surface area contributed by atoms with Gasteiger partial charge >= 0.3 is 6.18 Å². The van der Waals surface area contributed by atoms with Gasteiger partial charge in [-0.2, -0.15) is 13.2 Å². The molecule has 22 heteroatoms. The number of nitrogen functional groups attached to an aromatic ring is 1. The van der Waals surface area contributed by atoms with Crippen LogP contribution >= 0.6 is 0 Å². The summed E-state index contributed by atoms with van der Waals surface area (Å²) in [6.07, 6.45) is -1.45. The number of nitrogens with one attached hydrogen (secondary N) is 3. The number of carbonyl (C=O) groups excluding carboxylic acids is 4. The quantitative estimate of drug-likeness (QED) is 0.0433. The Morgan fingerprint density at radius 2 is 1.31 bits per heavy atom. The standard InChI is InChI=1S/C50H62F3N9O10/c1-34(2)72-33-46(65)56-15-14-55-44(63)10-11-45(64)57-16-22-69-24-26-71-28-27-70-25-23-68-21-13-47(66)61-19-17-60(18-20-61)42-8-6-38(30-40(42)50(51,52)53)62-48(67)12-5-37-32-58-41-7-3-35(29-39(41)49(37)62)36-4-9-43(54)59-31-36/h3-9,12,29-32,34H,10-11,13-28,33H2,1-2H3,(H2,54,59)(H,55,63)(H,56,65)(H,57,64). The average Bonchev–Trinajstić information content (AvgIpc) is 3.37. The molecule has 0 bridgehead atoms. The van der Waals surface area contributed by atoms with E-state index < -0.39 is 17.3 Å². The zero-order valence-electron chi connectivity index (χ0n) is 40.5. The van der Waals surface area contributed by atoms with Crippen LogP contribution in [0.5, 0.6) is 0 Å². The van der Waals surface area contributed by atoms with E-state index in [9.17, 15) is 37.1 Å². The fourth-order valence-electron chi connectivity index (χ4n) is 7.73. The maximum absolute atomic E-state index is 14.9. The lowest BCUT2D eigenvalue weighted by Gasteiger charge is -2.37. The number of halogens is 3. The second kappa shape index (κ2) is 27.2. The number of nitrogens with two attached hydrogens (primary N) is 1. The van der Waals surface area contributed by atoms with Gasteiger partial charge in [-0.1, -0.05) is 6.07 Å². The van der Waals surface area contributed by atoms with Crippen LogP contribution in [-0.4, -0.2) is 154 Å². The van der Waals surface area contributed by atoms with Gasteiger partial charge in [0.25, 0.3) is 5.56 Å². The number of amides is 4. The lowest BCUT2D eigenvalue weighted by atomic mass is 10.0. The molecule has 1 saturated heterocycles. The van der Waals surface area contributed by atoms with Gasteiger partial charge < -0.3 is 55.2 Å². The Balaban J connectivity index is 0.839. The fourth-order valence-corrected chi connectivity index (χ4v) is 7.73. The van der Waals surface area contributed by atoms with Gasteiger partial charge in [0, 0.05) is 99.1 Å². The predicted octanol–water partition coefficient (Wildman–Crippen LogP) is 3.86. The predicted molar refractivity (Wildman–Crippen MR) is 264 cm³/mol. The third kappa shape index (κ3) is 16.4. The molecular weight excluding hydrogens is 944 g/mol. The van der Waals surface area contributed by atoms with E-state index in [1.807, 2.05) is 32.0 Å². The summed E-state index contributed by atoms with van der Waals surface area (Å²) in [5, 5.41) is 9.09. The molecule has 0 atom stereocenters. The Kier molecular flexibility index (Phi) is 20.6. The summed E-state index contributed by atoms with van der Waals surface area (Å²) in [5.41, 5.74) is 6.87. The Bertz CT molecular complexity index is 2660. The van der Waals surface area contributed by atoms with Gasteiger partial charge in [-0.3, -0.25) is 33.5 Å². The highest BCUT2D eigenvalue weighted by Crippen LogP contribution is 2.39. The van der Waals surface area contributed by atoms with E-state index in [0.29, 0.717) is 54.1 Å². The number of rotatable bonds is 27. The number of alkyl halides is 3. The first-order chi connectivity index (χ1) is 34.7. The number of piperazine rings is 1. The summed E-state index contributed by atoms with van der Waals surface area (Å²) in [6.45, 7) is 7.43. The van der Waals surface area contributed by atoms with E-state index in [4.69, 9.17) is 29.4 Å². The molecule has 72 heavy (non-hydrogen) atoms. The Morgan fingerprint density at radius 1 is 0.681 bits per heavy atom. The molecule has 2 aromatic carbocycles.